The maximum atomic E-state index is 14.5. The first-order chi connectivity index (χ1) is 15.4. The Labute approximate surface area is 185 Å². The van der Waals surface area contributed by atoms with E-state index in [9.17, 15) is 9.18 Å². The second-order valence-electron chi connectivity index (χ2n) is 8.81. The van der Waals surface area contributed by atoms with Crippen LogP contribution in [-0.4, -0.2) is 49.1 Å². The van der Waals surface area contributed by atoms with Gasteiger partial charge in [-0.25, -0.2) is 9.37 Å². The molecule has 5 rings (SSSR count). The fourth-order valence-corrected chi connectivity index (χ4v) is 5.39. The molecule has 2 aliphatic heterocycles. The highest BCUT2D eigenvalue weighted by atomic mass is 19.1. The van der Waals surface area contributed by atoms with Crippen molar-refractivity contribution in [1.82, 2.24) is 24.5 Å². The smallest absolute Gasteiger partial charge is 0.219 e. The molecule has 9 heteroatoms. The zero-order valence-corrected chi connectivity index (χ0v) is 18.5. The number of aromatic nitrogens is 4. The first-order valence-electron chi connectivity index (χ1n) is 11.1. The number of hydrogen-bond donors (Lipinski definition) is 1. The van der Waals surface area contributed by atoms with Crippen LogP contribution in [0.4, 0.5) is 10.3 Å². The Bertz CT molecular complexity index is 1170. The van der Waals surface area contributed by atoms with Gasteiger partial charge in [-0.05, 0) is 44.7 Å². The Kier molecular flexibility index (Phi) is 5.19. The third-order valence-corrected chi connectivity index (χ3v) is 6.73. The quantitative estimate of drug-likeness (QED) is 0.673. The highest BCUT2D eigenvalue weighted by molar-refractivity contribution is 5.74. The molecule has 2 atom stereocenters. The lowest BCUT2D eigenvalue weighted by atomic mass is 9.83. The van der Waals surface area contributed by atoms with E-state index >= 15 is 0 Å². The van der Waals surface area contributed by atoms with Crippen LogP contribution in [0.2, 0.25) is 0 Å². The van der Waals surface area contributed by atoms with Gasteiger partial charge in [0.05, 0.1) is 6.61 Å². The van der Waals surface area contributed by atoms with Gasteiger partial charge >= 0.3 is 0 Å². The van der Waals surface area contributed by atoms with Crippen molar-refractivity contribution in [2.24, 2.45) is 0 Å². The van der Waals surface area contributed by atoms with Gasteiger partial charge in [-0.3, -0.25) is 9.20 Å². The maximum absolute atomic E-state index is 14.5. The number of nitrogens with zero attached hydrogens (tertiary/aromatic N) is 5. The molecule has 1 saturated heterocycles. The lowest BCUT2D eigenvalue weighted by Gasteiger charge is -2.42. The van der Waals surface area contributed by atoms with E-state index in [-0.39, 0.29) is 29.7 Å². The number of hydrogen-bond acceptors (Lipinski definition) is 6. The second kappa shape index (κ2) is 8.03. The van der Waals surface area contributed by atoms with Gasteiger partial charge in [0.15, 0.2) is 5.65 Å². The fraction of sp³-hybridized carbons (Fsp3) is 0.478. The zero-order valence-electron chi connectivity index (χ0n) is 18.5. The summed E-state index contributed by atoms with van der Waals surface area (Å²) < 4.78 is 21.9. The molecule has 168 valence electrons. The summed E-state index contributed by atoms with van der Waals surface area (Å²) in [5.41, 5.74) is 3.28. The van der Waals surface area contributed by atoms with Crippen LogP contribution >= 0.6 is 0 Å². The van der Waals surface area contributed by atoms with Crippen LogP contribution in [-0.2, 0) is 17.8 Å². The average Bonchev–Trinajstić information content (AvgIpc) is 3.42. The molecule has 0 radical (unpaired) electrons. The molecule has 0 aliphatic carbocycles. The Morgan fingerprint density at radius 3 is 2.81 bits per heavy atom. The number of likely N-dealkylation sites (tertiary alicyclic amines) is 1. The van der Waals surface area contributed by atoms with Gasteiger partial charge < -0.3 is 15.0 Å². The summed E-state index contributed by atoms with van der Waals surface area (Å²) in [7, 11) is 0. The van der Waals surface area contributed by atoms with Gasteiger partial charge in [0.1, 0.15) is 17.9 Å². The average molecular weight is 439 g/mol. The van der Waals surface area contributed by atoms with E-state index in [4.69, 9.17) is 4.74 Å². The molecule has 1 N–H and O–H groups in total. The van der Waals surface area contributed by atoms with Crippen LogP contribution in [0, 0.1) is 5.82 Å². The molecular weight excluding hydrogens is 411 g/mol. The van der Waals surface area contributed by atoms with E-state index in [1.165, 1.54) is 6.07 Å². The van der Waals surface area contributed by atoms with Crippen LogP contribution < -0.4 is 10.1 Å². The normalized spacial score (nSPS) is 22.6. The minimum Gasteiger partial charge on any atom is -0.493 e. The first-order valence-corrected chi connectivity index (χ1v) is 11.1. The van der Waals surface area contributed by atoms with Crippen molar-refractivity contribution in [3.05, 3.63) is 47.2 Å². The molecule has 2 aromatic heterocycles. The minimum absolute atomic E-state index is 0.110. The van der Waals surface area contributed by atoms with Crippen molar-refractivity contribution < 1.29 is 13.9 Å². The van der Waals surface area contributed by atoms with Crippen molar-refractivity contribution in [3.63, 3.8) is 0 Å². The zero-order chi connectivity index (χ0) is 22.4. The van der Waals surface area contributed by atoms with Gasteiger partial charge in [-0.1, -0.05) is 0 Å². The topological polar surface area (TPSA) is 84.7 Å². The van der Waals surface area contributed by atoms with Crippen molar-refractivity contribution in [3.8, 4) is 5.75 Å². The lowest BCUT2D eigenvalue weighted by molar-refractivity contribution is -0.135. The molecule has 1 aromatic carbocycles. The third kappa shape index (κ3) is 3.45. The van der Waals surface area contributed by atoms with Crippen LogP contribution in [0.3, 0.4) is 0 Å². The number of carbonyl (C=O) groups is 1. The summed E-state index contributed by atoms with van der Waals surface area (Å²) in [5.74, 6) is 1.40. The van der Waals surface area contributed by atoms with Gasteiger partial charge in [0.2, 0.25) is 11.9 Å². The molecule has 0 saturated carbocycles. The van der Waals surface area contributed by atoms with E-state index in [2.05, 4.69) is 34.3 Å². The Balaban J connectivity index is 1.41. The number of halogens is 1. The number of benzene rings is 1. The highest BCUT2D eigenvalue weighted by Crippen LogP contribution is 2.37. The number of nitrogens with one attached hydrogen (secondary N) is 1. The van der Waals surface area contributed by atoms with Crippen molar-refractivity contribution in [2.75, 3.05) is 11.9 Å². The molecule has 1 fully saturated rings. The minimum atomic E-state index is -0.251. The van der Waals surface area contributed by atoms with Crippen molar-refractivity contribution in [2.45, 2.75) is 64.6 Å². The monoisotopic (exact) mass is 438 g/mol. The Morgan fingerprint density at radius 1 is 1.28 bits per heavy atom. The van der Waals surface area contributed by atoms with E-state index in [0.29, 0.717) is 31.1 Å². The SMILES string of the molecule is CC(=O)N1C(C)CC(c2cnc(NCc3c(F)ccc4c3CCO4)n3cnnc23)CC1C. The van der Waals surface area contributed by atoms with Gasteiger partial charge in [-0.15, -0.1) is 10.2 Å². The summed E-state index contributed by atoms with van der Waals surface area (Å²) in [6.07, 6.45) is 5.87. The van der Waals surface area contributed by atoms with Gasteiger partial charge in [0, 0.05) is 54.9 Å². The van der Waals surface area contributed by atoms with Crippen LogP contribution in [0.25, 0.3) is 5.65 Å². The molecule has 4 heterocycles. The predicted molar refractivity (Wildman–Crippen MR) is 117 cm³/mol. The summed E-state index contributed by atoms with van der Waals surface area (Å²) in [4.78, 5) is 18.6. The van der Waals surface area contributed by atoms with E-state index < -0.39 is 0 Å². The molecular formula is C23H27FN6O2. The molecule has 8 nitrogen and oxygen atoms in total. The standard InChI is InChI=1S/C23H27FN6O2/c1-13-8-16(9-14(2)30(13)15(3)31)18-10-25-23(29-12-27-28-22(18)29)26-11-19-17-6-7-32-21(17)5-4-20(19)24/h4-5,10,12-14,16H,6-9,11H2,1-3H3,(H,25,26). The fourth-order valence-electron chi connectivity index (χ4n) is 5.39. The summed E-state index contributed by atoms with van der Waals surface area (Å²) in [5, 5.41) is 11.7. The molecule has 0 spiro atoms. The van der Waals surface area contributed by atoms with Gasteiger partial charge in [0.25, 0.3) is 0 Å². The second-order valence-corrected chi connectivity index (χ2v) is 8.81. The molecule has 32 heavy (non-hydrogen) atoms. The summed E-state index contributed by atoms with van der Waals surface area (Å²) >= 11 is 0. The van der Waals surface area contributed by atoms with Crippen molar-refractivity contribution in [1.29, 1.82) is 0 Å². The number of carbonyl (C=O) groups excluding carboxylic acids is 1. The van der Waals surface area contributed by atoms with Crippen LogP contribution in [0.1, 0.15) is 56.2 Å². The van der Waals surface area contributed by atoms with Crippen LogP contribution in [0.5, 0.6) is 5.75 Å². The largest absolute Gasteiger partial charge is 0.493 e. The number of rotatable bonds is 4. The first kappa shape index (κ1) is 20.7. The number of ether oxygens (including phenoxy) is 1. The van der Waals surface area contributed by atoms with E-state index in [0.717, 1.165) is 35.4 Å². The molecule has 1 amide bonds. The molecule has 3 aromatic rings. The Morgan fingerprint density at radius 2 is 2.06 bits per heavy atom. The number of fused-ring (bicyclic) bond motifs is 2. The Hall–Kier alpha value is -3.23. The van der Waals surface area contributed by atoms with Gasteiger partial charge in [-0.2, -0.15) is 0 Å². The third-order valence-electron chi connectivity index (χ3n) is 6.73. The number of anilines is 1. The van der Waals surface area contributed by atoms with Crippen LogP contribution in [0.15, 0.2) is 24.7 Å². The van der Waals surface area contributed by atoms with E-state index in [1.54, 1.807) is 19.3 Å². The van der Waals surface area contributed by atoms with E-state index in [1.807, 2.05) is 15.5 Å². The molecule has 2 aliphatic rings. The predicted octanol–water partition coefficient (Wildman–Crippen LogP) is 3.31. The number of amides is 1. The van der Waals surface area contributed by atoms with Crippen molar-refractivity contribution >= 4 is 17.5 Å². The number of piperidine rings is 1. The summed E-state index contributed by atoms with van der Waals surface area (Å²) in [6.45, 7) is 6.68. The summed E-state index contributed by atoms with van der Waals surface area (Å²) in [6, 6.07) is 3.42. The maximum Gasteiger partial charge on any atom is 0.219 e. The molecule has 2 unspecified atom stereocenters. The highest BCUT2D eigenvalue weighted by Gasteiger charge is 2.34. The lowest BCUT2D eigenvalue weighted by Crippen LogP contribution is -2.48. The molecule has 0 bridgehead atoms.